The van der Waals surface area contributed by atoms with Gasteiger partial charge in [0.2, 0.25) is 0 Å². The van der Waals surface area contributed by atoms with Gasteiger partial charge in [0.05, 0.1) is 0 Å². The van der Waals surface area contributed by atoms with Crippen molar-refractivity contribution in [3.05, 3.63) is 0 Å². The van der Waals surface area contributed by atoms with Gasteiger partial charge in [-0.2, -0.15) is 0 Å². The number of rotatable bonds is 58. The summed E-state index contributed by atoms with van der Waals surface area (Å²) < 4.78 is 81.3. The standard InChI is InChI=1S/C14H33NO3Si.C13H31NO3Si.3C12H29NO3Si/c1-6-9-14(10-7-12-15-2)11-8-13-19(16-3,17-4)18-5;1-5-8-13(9-6-11-14)10-7-12-18(15-2,16-3)17-4;3*1-5-12(8-6-10-13)9-7-11-17(14-2,15-3)16-4/h14-15H,6-13H2,1-5H3;13H,5-12,14H2,1-4H3;3*12H,5-11,13H2,1-4H3. The van der Waals surface area contributed by atoms with Crippen LogP contribution in [0.2, 0.25) is 30.2 Å². The van der Waals surface area contributed by atoms with E-state index in [0.29, 0.717) is 0 Å². The van der Waals surface area contributed by atoms with Crippen LogP contribution in [0.15, 0.2) is 0 Å². The van der Waals surface area contributed by atoms with Gasteiger partial charge in [-0.15, -0.1) is 0 Å². The Kier molecular flexibility index (Phi) is 74.1. The van der Waals surface area contributed by atoms with Gasteiger partial charge < -0.3 is 94.6 Å². The summed E-state index contributed by atoms with van der Waals surface area (Å²) in [6, 6.07) is 4.52. The van der Waals surface area contributed by atoms with Crippen molar-refractivity contribution in [3.63, 3.8) is 0 Å². The van der Waals surface area contributed by atoms with Crippen LogP contribution in [0.4, 0.5) is 0 Å². The summed E-state index contributed by atoms with van der Waals surface area (Å²) in [7, 11) is 15.4. The smallest absolute Gasteiger partial charge is 0.377 e. The van der Waals surface area contributed by atoms with E-state index in [-0.39, 0.29) is 0 Å². The Labute approximate surface area is 550 Å². The summed E-state index contributed by atoms with van der Waals surface area (Å²) in [4.78, 5) is 0. The number of nitrogens with one attached hydrogen (secondary N) is 1. The third-order valence-corrected chi connectivity index (χ3v) is 31.7. The summed E-state index contributed by atoms with van der Waals surface area (Å²) in [6.07, 6.45) is 32.5. The summed E-state index contributed by atoms with van der Waals surface area (Å²) in [6.45, 7) is 15.5. The molecule has 0 saturated carbocycles. The van der Waals surface area contributed by atoms with Crippen LogP contribution in [0.25, 0.3) is 0 Å². The van der Waals surface area contributed by atoms with Gasteiger partial charge in [-0.1, -0.05) is 112 Å². The van der Waals surface area contributed by atoms with Crippen molar-refractivity contribution in [2.75, 3.05) is 146 Å². The molecule has 20 nitrogen and oxygen atoms in total. The van der Waals surface area contributed by atoms with E-state index in [4.69, 9.17) is 89.3 Å². The maximum Gasteiger partial charge on any atom is 0.500 e. The number of hydrogen-bond donors (Lipinski definition) is 5. The maximum atomic E-state index is 5.58. The quantitative estimate of drug-likeness (QED) is 0.0280. The van der Waals surface area contributed by atoms with Gasteiger partial charge in [0.15, 0.2) is 0 Å². The molecule has 538 valence electrons. The highest BCUT2D eigenvalue weighted by atomic mass is 28.4. The minimum atomic E-state index is -2.36. The van der Waals surface area contributed by atoms with Gasteiger partial charge >= 0.3 is 44.0 Å². The Morgan fingerprint density at radius 3 is 0.580 bits per heavy atom. The van der Waals surface area contributed by atoms with E-state index in [2.05, 4.69) is 39.9 Å². The molecule has 0 radical (unpaired) electrons. The van der Waals surface area contributed by atoms with Crippen molar-refractivity contribution in [3.8, 4) is 0 Å². The van der Waals surface area contributed by atoms with Crippen molar-refractivity contribution < 1.29 is 66.4 Å². The molecule has 0 aliphatic heterocycles. The SMILES string of the molecule is CCC(CCCN)CCC[Si](OC)(OC)OC.CCC(CCCN)CCC[Si](OC)(OC)OC.CCC(CCCN)CCC[Si](OC)(OC)OC.CCCC(CCCN)CCC[Si](OC)(OC)OC.CCCC(CCCNC)CCC[Si](OC)(OC)OC. The third-order valence-electron chi connectivity index (χ3n) is 17.6. The van der Waals surface area contributed by atoms with Crippen LogP contribution in [0, 0.1) is 29.6 Å². The van der Waals surface area contributed by atoms with E-state index in [1.54, 1.807) is 107 Å². The highest BCUT2D eigenvalue weighted by Crippen LogP contribution is 2.28. The lowest BCUT2D eigenvalue weighted by molar-refractivity contribution is 0.121. The van der Waals surface area contributed by atoms with Crippen molar-refractivity contribution >= 4 is 44.0 Å². The summed E-state index contributed by atoms with van der Waals surface area (Å²) >= 11 is 0. The van der Waals surface area contributed by atoms with Crippen molar-refractivity contribution in [2.45, 2.75) is 238 Å². The van der Waals surface area contributed by atoms with E-state index in [0.717, 1.165) is 150 Å². The zero-order valence-electron chi connectivity index (χ0n) is 61.5. The zero-order valence-corrected chi connectivity index (χ0v) is 66.5. The molecule has 0 saturated heterocycles. The van der Waals surface area contributed by atoms with Crippen LogP contribution in [0.3, 0.4) is 0 Å². The molecule has 9 N–H and O–H groups in total. The molecule has 0 bridgehead atoms. The second-order valence-corrected chi connectivity index (χ2v) is 38.5. The Morgan fingerprint density at radius 1 is 0.250 bits per heavy atom. The van der Waals surface area contributed by atoms with Gasteiger partial charge in [0.25, 0.3) is 0 Å². The van der Waals surface area contributed by atoms with Crippen molar-refractivity contribution in [1.29, 1.82) is 0 Å². The Hall–Kier alpha value is 0.284. The van der Waals surface area contributed by atoms with Crippen LogP contribution in [-0.4, -0.2) is 190 Å². The van der Waals surface area contributed by atoms with Gasteiger partial charge in [-0.05, 0) is 166 Å². The average molecular weight is 1360 g/mol. The third kappa shape index (κ3) is 48.9. The van der Waals surface area contributed by atoms with Crippen LogP contribution >= 0.6 is 0 Å². The van der Waals surface area contributed by atoms with Crippen molar-refractivity contribution in [1.82, 2.24) is 5.32 Å². The first-order valence-electron chi connectivity index (χ1n) is 34.1. The molecule has 0 rings (SSSR count). The summed E-state index contributed by atoms with van der Waals surface area (Å²) in [5.41, 5.74) is 22.2. The lowest BCUT2D eigenvalue weighted by Crippen LogP contribution is -2.42. The number of nitrogens with two attached hydrogens (primary N) is 4. The molecule has 88 heavy (non-hydrogen) atoms. The molecule has 0 aliphatic carbocycles. The minimum absolute atomic E-state index is 0.774. The van der Waals surface area contributed by atoms with E-state index in [1.165, 1.54) is 116 Å². The van der Waals surface area contributed by atoms with E-state index in [1.807, 2.05) is 7.05 Å². The first-order chi connectivity index (χ1) is 42.4. The van der Waals surface area contributed by atoms with Gasteiger partial charge in [0.1, 0.15) is 0 Å². The van der Waals surface area contributed by atoms with Crippen LogP contribution in [0.5, 0.6) is 0 Å². The molecular formula is C63H151N5O15Si5. The normalized spacial score (nSPS) is 13.9. The molecule has 0 spiro atoms. The molecule has 0 aromatic carbocycles. The van der Waals surface area contributed by atoms with Gasteiger partial charge in [-0.3, -0.25) is 0 Å². The largest absolute Gasteiger partial charge is 0.500 e. The van der Waals surface area contributed by atoms with Crippen molar-refractivity contribution in [2.24, 2.45) is 52.5 Å². The van der Waals surface area contributed by atoms with Crippen LogP contribution < -0.4 is 28.3 Å². The zero-order chi connectivity index (χ0) is 67.9. The summed E-state index contributed by atoms with van der Waals surface area (Å²) in [5.74, 6) is 3.94. The topological polar surface area (TPSA) is 255 Å². The number of hydrogen-bond acceptors (Lipinski definition) is 20. The van der Waals surface area contributed by atoms with Gasteiger partial charge in [0, 0.05) is 137 Å². The minimum Gasteiger partial charge on any atom is -0.377 e. The van der Waals surface area contributed by atoms with E-state index in [9.17, 15) is 0 Å². The molecule has 0 heterocycles. The Balaban J connectivity index is -0.000000326. The molecule has 25 heteroatoms. The molecule has 5 atom stereocenters. The molecular weight excluding hydrogens is 1210 g/mol. The molecule has 0 amide bonds. The average Bonchev–Trinajstić information content (AvgIpc) is 3.67. The van der Waals surface area contributed by atoms with E-state index >= 15 is 0 Å². The van der Waals surface area contributed by atoms with E-state index < -0.39 is 44.0 Å². The van der Waals surface area contributed by atoms with Gasteiger partial charge in [-0.25, -0.2) is 0 Å². The predicted molar refractivity (Wildman–Crippen MR) is 379 cm³/mol. The highest BCUT2D eigenvalue weighted by molar-refractivity contribution is 6.62. The Bertz CT molecular complexity index is 1240. The fraction of sp³-hybridized carbons (Fsp3) is 1.00. The molecule has 0 aliphatic rings. The maximum absolute atomic E-state index is 5.58. The second kappa shape index (κ2) is 67.3. The Morgan fingerprint density at radius 2 is 0.420 bits per heavy atom. The highest BCUT2D eigenvalue weighted by Gasteiger charge is 2.40. The molecule has 0 fully saturated rings. The first-order valence-corrected chi connectivity index (χ1v) is 43.8. The molecule has 0 aromatic heterocycles. The lowest BCUT2D eigenvalue weighted by atomic mass is 9.93. The summed E-state index contributed by atoms with van der Waals surface area (Å²) in [5, 5.41) is 3.22. The second-order valence-electron chi connectivity index (χ2n) is 23.0. The monoisotopic (exact) mass is 1360 g/mol. The lowest BCUT2D eigenvalue weighted by Gasteiger charge is -2.25. The first kappa shape index (κ1) is 97.0. The van der Waals surface area contributed by atoms with Crippen LogP contribution in [-0.2, 0) is 66.4 Å². The fourth-order valence-corrected chi connectivity index (χ4v) is 20.1. The predicted octanol–water partition coefficient (Wildman–Crippen LogP) is 13.1. The molecule has 5 unspecified atom stereocenters. The van der Waals surface area contributed by atoms with Crippen LogP contribution in [0.1, 0.15) is 208 Å². The fourth-order valence-electron chi connectivity index (χ4n) is 11.4. The molecule has 0 aromatic rings.